The molecule has 2 rings (SSSR count). The molecule has 0 aliphatic rings. The first-order valence-corrected chi connectivity index (χ1v) is 7.75. The highest BCUT2D eigenvalue weighted by Crippen LogP contribution is 2.18. The molecule has 2 aromatic rings. The van der Waals surface area contributed by atoms with Crippen molar-refractivity contribution >= 4 is 23.6 Å². The number of ether oxygens (including phenoxy) is 2. The molecule has 0 fully saturated rings. The Morgan fingerprint density at radius 1 is 0.714 bits per heavy atom. The zero-order chi connectivity index (χ0) is 20.5. The minimum atomic E-state index is -0.806. The van der Waals surface area contributed by atoms with E-state index in [1.54, 1.807) is 0 Å². The summed E-state index contributed by atoms with van der Waals surface area (Å²) in [6.45, 7) is 0.0579. The highest BCUT2D eigenvalue weighted by molar-refractivity contribution is 5.71. The molecule has 0 aliphatic carbocycles. The number of hydrogen-bond donors (Lipinski definition) is 2. The van der Waals surface area contributed by atoms with E-state index < -0.39 is 22.0 Å². The lowest BCUT2D eigenvalue weighted by molar-refractivity contribution is -0.385. The maximum absolute atomic E-state index is 11.6. The van der Waals surface area contributed by atoms with Crippen LogP contribution in [0.4, 0.5) is 21.0 Å². The summed E-state index contributed by atoms with van der Waals surface area (Å²) in [6, 6.07) is 9.87. The van der Waals surface area contributed by atoms with Crippen LogP contribution in [0.3, 0.4) is 0 Å². The fraction of sp³-hybridized carbons (Fsp3) is 0.125. The molecule has 0 bridgehead atoms. The Kier molecular flexibility index (Phi) is 6.80. The summed E-state index contributed by atoms with van der Waals surface area (Å²) < 4.78 is 9.82. The summed E-state index contributed by atoms with van der Waals surface area (Å²) in [6.07, 6.45) is -1.61. The van der Waals surface area contributed by atoms with Gasteiger partial charge >= 0.3 is 12.2 Å². The number of carbonyl (C=O) groups is 2. The predicted octanol–water partition coefficient (Wildman–Crippen LogP) is 2.38. The van der Waals surface area contributed by atoms with Crippen LogP contribution in [0.15, 0.2) is 48.5 Å². The first-order valence-electron chi connectivity index (χ1n) is 7.75. The standard InChI is InChI=1S/C16H14N4O8/c21-15(27-13-5-1-11(2-6-13)19(23)24)17-9-10-18-16(22)28-14-7-3-12(4-8-14)20(25)26/h1-8H,9-10H2,(H,17,21)(H,18,22). The topological polar surface area (TPSA) is 163 Å². The third-order valence-electron chi connectivity index (χ3n) is 3.18. The van der Waals surface area contributed by atoms with Crippen LogP contribution in [0.25, 0.3) is 0 Å². The minimum Gasteiger partial charge on any atom is -0.410 e. The van der Waals surface area contributed by atoms with E-state index in [2.05, 4.69) is 10.6 Å². The Morgan fingerprint density at radius 2 is 1.04 bits per heavy atom. The zero-order valence-corrected chi connectivity index (χ0v) is 14.2. The van der Waals surface area contributed by atoms with Crippen LogP contribution in [-0.2, 0) is 0 Å². The minimum absolute atomic E-state index is 0.0289. The van der Waals surface area contributed by atoms with Crippen LogP contribution >= 0.6 is 0 Å². The molecule has 2 aromatic carbocycles. The van der Waals surface area contributed by atoms with Gasteiger partial charge in [-0.15, -0.1) is 0 Å². The summed E-state index contributed by atoms with van der Waals surface area (Å²) >= 11 is 0. The van der Waals surface area contributed by atoms with Crippen molar-refractivity contribution in [2.45, 2.75) is 0 Å². The average Bonchev–Trinajstić information content (AvgIpc) is 2.66. The summed E-state index contributed by atoms with van der Waals surface area (Å²) in [5, 5.41) is 25.8. The number of amides is 2. The van der Waals surface area contributed by atoms with E-state index in [4.69, 9.17) is 9.47 Å². The fourth-order valence-corrected chi connectivity index (χ4v) is 1.89. The molecule has 0 aromatic heterocycles. The van der Waals surface area contributed by atoms with Gasteiger partial charge in [0.25, 0.3) is 11.4 Å². The Bertz CT molecular complexity index is 794. The number of benzene rings is 2. The number of nitrogens with one attached hydrogen (secondary N) is 2. The van der Waals surface area contributed by atoms with Gasteiger partial charge in [0.05, 0.1) is 9.85 Å². The molecule has 0 heterocycles. The molecule has 12 nitrogen and oxygen atoms in total. The molecule has 146 valence electrons. The Labute approximate surface area is 157 Å². The van der Waals surface area contributed by atoms with Crippen molar-refractivity contribution in [1.82, 2.24) is 10.6 Å². The fourth-order valence-electron chi connectivity index (χ4n) is 1.89. The van der Waals surface area contributed by atoms with Crippen molar-refractivity contribution < 1.29 is 28.9 Å². The molecule has 0 atom stereocenters. The van der Waals surface area contributed by atoms with E-state index in [1.807, 2.05) is 0 Å². The molecule has 0 saturated heterocycles. The van der Waals surface area contributed by atoms with Gasteiger partial charge < -0.3 is 20.1 Å². The van der Waals surface area contributed by atoms with Crippen LogP contribution in [0.2, 0.25) is 0 Å². The molecule has 2 amide bonds. The lowest BCUT2D eigenvalue weighted by Gasteiger charge is -2.08. The van der Waals surface area contributed by atoms with Gasteiger partial charge in [-0.3, -0.25) is 20.2 Å². The number of non-ortho nitro benzene ring substituents is 2. The first kappa shape index (κ1) is 20.1. The predicted molar refractivity (Wildman–Crippen MR) is 94.2 cm³/mol. The van der Waals surface area contributed by atoms with Crippen LogP contribution in [-0.4, -0.2) is 35.1 Å². The molecule has 2 N–H and O–H groups in total. The number of nitrogens with zero attached hydrogens (tertiary/aromatic N) is 2. The second-order valence-electron chi connectivity index (χ2n) is 5.13. The second-order valence-corrected chi connectivity index (χ2v) is 5.13. The van der Waals surface area contributed by atoms with Gasteiger partial charge in [-0.1, -0.05) is 0 Å². The van der Waals surface area contributed by atoms with Gasteiger partial charge in [-0.25, -0.2) is 9.59 Å². The molecule has 0 spiro atoms. The highest BCUT2D eigenvalue weighted by Gasteiger charge is 2.09. The molecule has 0 aliphatic heterocycles. The number of nitro benzene ring substituents is 2. The van der Waals surface area contributed by atoms with Crippen molar-refractivity contribution in [1.29, 1.82) is 0 Å². The summed E-state index contributed by atoms with van der Waals surface area (Å²) in [7, 11) is 0. The van der Waals surface area contributed by atoms with Gasteiger partial charge in [0.2, 0.25) is 0 Å². The van der Waals surface area contributed by atoms with Crippen LogP contribution in [0.5, 0.6) is 11.5 Å². The number of rotatable bonds is 7. The Morgan fingerprint density at radius 3 is 1.32 bits per heavy atom. The Hall–Kier alpha value is -4.22. The molecule has 28 heavy (non-hydrogen) atoms. The molecule has 12 heteroatoms. The number of hydrogen-bond acceptors (Lipinski definition) is 8. The van der Waals surface area contributed by atoms with Crippen molar-refractivity contribution in [3.8, 4) is 11.5 Å². The normalized spacial score (nSPS) is 9.86. The molecule has 0 saturated carbocycles. The van der Waals surface area contributed by atoms with E-state index in [0.29, 0.717) is 0 Å². The smallest absolute Gasteiger partial charge is 0.410 e. The van der Waals surface area contributed by atoms with E-state index in [0.717, 1.165) is 0 Å². The van der Waals surface area contributed by atoms with Crippen LogP contribution < -0.4 is 20.1 Å². The summed E-state index contributed by atoms with van der Waals surface area (Å²) in [5.74, 6) is 0.238. The largest absolute Gasteiger partial charge is 0.412 e. The SMILES string of the molecule is O=C(NCCNC(=O)Oc1ccc([N+](=O)[O-])cc1)Oc1ccc([N+](=O)[O-])cc1. The summed E-state index contributed by atoms with van der Waals surface area (Å²) in [5.41, 5.74) is -0.271. The van der Waals surface area contributed by atoms with E-state index in [-0.39, 0.29) is 36.0 Å². The van der Waals surface area contributed by atoms with Crippen molar-refractivity contribution in [3.63, 3.8) is 0 Å². The number of carbonyl (C=O) groups excluding carboxylic acids is 2. The first-order chi connectivity index (χ1) is 13.3. The van der Waals surface area contributed by atoms with Gasteiger partial charge in [0, 0.05) is 37.4 Å². The second kappa shape index (κ2) is 9.47. The van der Waals surface area contributed by atoms with Crippen LogP contribution in [0.1, 0.15) is 0 Å². The van der Waals surface area contributed by atoms with Crippen molar-refractivity contribution in [2.24, 2.45) is 0 Å². The van der Waals surface area contributed by atoms with E-state index in [9.17, 15) is 29.8 Å². The maximum atomic E-state index is 11.6. The lowest BCUT2D eigenvalue weighted by Crippen LogP contribution is -2.37. The Balaban J connectivity index is 1.67. The highest BCUT2D eigenvalue weighted by atomic mass is 16.6. The van der Waals surface area contributed by atoms with E-state index >= 15 is 0 Å². The quantitative estimate of drug-likeness (QED) is 0.413. The monoisotopic (exact) mass is 390 g/mol. The summed E-state index contributed by atoms with van der Waals surface area (Å²) in [4.78, 5) is 43.1. The molecule has 0 radical (unpaired) electrons. The van der Waals surface area contributed by atoms with Crippen LogP contribution in [0, 0.1) is 20.2 Å². The van der Waals surface area contributed by atoms with Gasteiger partial charge in [0.1, 0.15) is 11.5 Å². The van der Waals surface area contributed by atoms with E-state index in [1.165, 1.54) is 48.5 Å². The third kappa shape index (κ3) is 6.25. The van der Waals surface area contributed by atoms with Gasteiger partial charge in [-0.05, 0) is 24.3 Å². The van der Waals surface area contributed by atoms with Gasteiger partial charge in [0.15, 0.2) is 0 Å². The van der Waals surface area contributed by atoms with Crippen molar-refractivity contribution in [3.05, 3.63) is 68.8 Å². The van der Waals surface area contributed by atoms with Crippen molar-refractivity contribution in [2.75, 3.05) is 13.1 Å². The zero-order valence-electron chi connectivity index (χ0n) is 14.2. The third-order valence-corrected chi connectivity index (χ3v) is 3.18. The molecular weight excluding hydrogens is 376 g/mol. The number of nitro groups is 2. The molecule has 0 unspecified atom stereocenters. The molecular formula is C16H14N4O8. The lowest BCUT2D eigenvalue weighted by atomic mass is 10.3. The van der Waals surface area contributed by atoms with Gasteiger partial charge in [-0.2, -0.15) is 0 Å². The maximum Gasteiger partial charge on any atom is 0.412 e. The average molecular weight is 390 g/mol.